The normalized spacial score (nSPS) is 21.7. The monoisotopic (exact) mass is 290 g/mol. The van der Waals surface area contributed by atoms with Gasteiger partial charge in [-0.1, -0.05) is 19.8 Å². The van der Waals surface area contributed by atoms with E-state index < -0.39 is 5.54 Å². The minimum atomic E-state index is -0.686. The number of nitrogens with one attached hydrogen (secondary N) is 1. The number of aryl methyl sites for hydroxylation is 2. The van der Waals surface area contributed by atoms with E-state index in [1.165, 1.54) is 0 Å². The summed E-state index contributed by atoms with van der Waals surface area (Å²) in [6.45, 7) is 2.47. The molecule has 2 heterocycles. The van der Waals surface area contributed by atoms with Crippen LogP contribution in [0.5, 0.6) is 0 Å². The van der Waals surface area contributed by atoms with Gasteiger partial charge in [-0.3, -0.25) is 14.3 Å². The van der Waals surface area contributed by atoms with Crippen LogP contribution in [0.15, 0.2) is 6.20 Å². The van der Waals surface area contributed by atoms with E-state index in [0.29, 0.717) is 13.0 Å². The van der Waals surface area contributed by atoms with E-state index in [0.717, 1.165) is 43.5 Å². The van der Waals surface area contributed by atoms with Crippen molar-refractivity contribution < 1.29 is 9.59 Å². The van der Waals surface area contributed by atoms with Gasteiger partial charge in [0, 0.05) is 26.2 Å². The lowest BCUT2D eigenvalue weighted by atomic mass is 9.95. The minimum Gasteiger partial charge on any atom is -0.342 e. The summed E-state index contributed by atoms with van der Waals surface area (Å²) in [6.07, 6.45) is 6.49. The maximum atomic E-state index is 13.1. The largest absolute Gasteiger partial charge is 0.342 e. The molecule has 1 spiro atoms. The predicted octanol–water partition coefficient (Wildman–Crippen LogP) is 1.15. The van der Waals surface area contributed by atoms with Gasteiger partial charge in [0.05, 0.1) is 11.4 Å². The lowest BCUT2D eigenvalue weighted by Crippen LogP contribution is -2.55. The van der Waals surface area contributed by atoms with E-state index >= 15 is 0 Å². The summed E-state index contributed by atoms with van der Waals surface area (Å²) in [6, 6.07) is 0. The number of rotatable bonds is 2. The Balaban J connectivity index is 2.00. The van der Waals surface area contributed by atoms with Crippen molar-refractivity contribution >= 4 is 17.5 Å². The molecule has 114 valence electrons. The highest BCUT2D eigenvalue weighted by Crippen LogP contribution is 2.35. The maximum absolute atomic E-state index is 13.1. The Morgan fingerprint density at radius 1 is 1.33 bits per heavy atom. The highest BCUT2D eigenvalue weighted by atomic mass is 16.2. The zero-order valence-electron chi connectivity index (χ0n) is 12.7. The Morgan fingerprint density at radius 2 is 2.05 bits per heavy atom. The van der Waals surface area contributed by atoms with Crippen molar-refractivity contribution in [2.75, 3.05) is 11.4 Å². The molecule has 6 heteroatoms. The van der Waals surface area contributed by atoms with E-state index in [1.54, 1.807) is 9.58 Å². The SMILES string of the molecule is CCc1nn(C)cc1N1CCC(=O)NC2(CCCC2)C1=O. The first-order valence-corrected chi connectivity index (χ1v) is 7.71. The summed E-state index contributed by atoms with van der Waals surface area (Å²) in [5, 5.41) is 7.41. The van der Waals surface area contributed by atoms with Crippen LogP contribution in [-0.4, -0.2) is 33.7 Å². The van der Waals surface area contributed by atoms with Crippen molar-refractivity contribution in [3.8, 4) is 0 Å². The molecule has 6 nitrogen and oxygen atoms in total. The average Bonchev–Trinajstić information content (AvgIpc) is 3.03. The van der Waals surface area contributed by atoms with Gasteiger partial charge < -0.3 is 10.2 Å². The highest BCUT2D eigenvalue weighted by molar-refractivity contribution is 6.04. The first kappa shape index (κ1) is 14.1. The molecule has 21 heavy (non-hydrogen) atoms. The standard InChI is InChI=1S/C15H22N4O2/c1-3-11-12(10-18(2)17-11)19-9-6-13(20)16-15(14(19)21)7-4-5-8-15/h10H,3-9H2,1-2H3,(H,16,20). The Labute approximate surface area is 124 Å². The van der Waals surface area contributed by atoms with E-state index in [2.05, 4.69) is 10.4 Å². The predicted molar refractivity (Wildman–Crippen MR) is 78.9 cm³/mol. The molecule has 1 aliphatic carbocycles. The number of hydrogen-bond donors (Lipinski definition) is 1. The first-order valence-electron chi connectivity index (χ1n) is 7.71. The van der Waals surface area contributed by atoms with Crippen molar-refractivity contribution in [2.24, 2.45) is 7.05 Å². The van der Waals surface area contributed by atoms with Gasteiger partial charge in [0.15, 0.2) is 0 Å². The van der Waals surface area contributed by atoms with Gasteiger partial charge in [0.2, 0.25) is 5.91 Å². The van der Waals surface area contributed by atoms with E-state index in [1.807, 2.05) is 20.2 Å². The third-order valence-corrected chi connectivity index (χ3v) is 4.56. The fourth-order valence-corrected chi connectivity index (χ4v) is 3.50. The van der Waals surface area contributed by atoms with Gasteiger partial charge in [-0.25, -0.2) is 0 Å². The first-order chi connectivity index (χ1) is 10.1. The molecule has 1 N–H and O–H groups in total. The van der Waals surface area contributed by atoms with Gasteiger partial charge in [-0.15, -0.1) is 0 Å². The number of aromatic nitrogens is 2. The average molecular weight is 290 g/mol. The Hall–Kier alpha value is -1.85. The summed E-state index contributed by atoms with van der Waals surface area (Å²) in [5.41, 5.74) is 1.08. The number of amides is 2. The van der Waals surface area contributed by atoms with E-state index in [4.69, 9.17) is 0 Å². The number of carbonyl (C=O) groups excluding carboxylic acids is 2. The highest BCUT2D eigenvalue weighted by Gasteiger charge is 2.47. The van der Waals surface area contributed by atoms with Crippen LogP contribution in [0.2, 0.25) is 0 Å². The van der Waals surface area contributed by atoms with E-state index in [-0.39, 0.29) is 11.8 Å². The Morgan fingerprint density at radius 3 is 2.71 bits per heavy atom. The summed E-state index contributed by atoms with van der Waals surface area (Å²) in [4.78, 5) is 26.9. The molecule has 0 atom stereocenters. The fourth-order valence-electron chi connectivity index (χ4n) is 3.50. The molecule has 1 aromatic heterocycles. The molecule has 1 saturated heterocycles. The molecule has 0 radical (unpaired) electrons. The van der Waals surface area contributed by atoms with Crippen molar-refractivity contribution in [1.29, 1.82) is 0 Å². The van der Waals surface area contributed by atoms with Gasteiger partial charge >= 0.3 is 0 Å². The second kappa shape index (κ2) is 5.16. The van der Waals surface area contributed by atoms with Gasteiger partial charge in [-0.05, 0) is 19.3 Å². The Kier molecular flexibility index (Phi) is 3.47. The zero-order valence-corrected chi connectivity index (χ0v) is 12.7. The van der Waals surface area contributed by atoms with Crippen LogP contribution in [0, 0.1) is 0 Å². The van der Waals surface area contributed by atoms with Gasteiger partial charge in [0.1, 0.15) is 5.54 Å². The molecule has 0 aromatic carbocycles. The maximum Gasteiger partial charge on any atom is 0.252 e. The summed E-state index contributed by atoms with van der Waals surface area (Å²) >= 11 is 0. The molecule has 2 fully saturated rings. The number of nitrogens with zero attached hydrogens (tertiary/aromatic N) is 3. The molecular weight excluding hydrogens is 268 g/mol. The van der Waals surface area contributed by atoms with Crippen molar-refractivity contribution in [3.63, 3.8) is 0 Å². The minimum absolute atomic E-state index is 0.0188. The molecule has 3 rings (SSSR count). The van der Waals surface area contributed by atoms with Gasteiger partial charge in [0.25, 0.3) is 5.91 Å². The van der Waals surface area contributed by atoms with Crippen LogP contribution in [0.25, 0.3) is 0 Å². The summed E-state index contributed by atoms with van der Waals surface area (Å²) < 4.78 is 1.74. The van der Waals surface area contributed by atoms with Gasteiger partial charge in [-0.2, -0.15) is 5.10 Å². The third kappa shape index (κ3) is 2.32. The second-order valence-electron chi connectivity index (χ2n) is 6.03. The topological polar surface area (TPSA) is 67.2 Å². The molecule has 0 unspecified atom stereocenters. The van der Waals surface area contributed by atoms with Crippen molar-refractivity contribution in [2.45, 2.75) is 51.0 Å². The molecule has 2 aliphatic rings. The second-order valence-corrected chi connectivity index (χ2v) is 6.03. The van der Waals surface area contributed by atoms with Crippen molar-refractivity contribution in [1.82, 2.24) is 15.1 Å². The molecule has 2 amide bonds. The van der Waals surface area contributed by atoms with Crippen LogP contribution in [0.4, 0.5) is 5.69 Å². The quantitative estimate of drug-likeness (QED) is 0.888. The lowest BCUT2D eigenvalue weighted by molar-refractivity contribution is -0.129. The number of hydrogen-bond acceptors (Lipinski definition) is 3. The molecule has 1 aromatic rings. The van der Waals surface area contributed by atoms with E-state index in [9.17, 15) is 9.59 Å². The number of carbonyl (C=O) groups is 2. The third-order valence-electron chi connectivity index (χ3n) is 4.56. The van der Waals surface area contributed by atoms with Crippen molar-refractivity contribution in [3.05, 3.63) is 11.9 Å². The molecule has 1 saturated carbocycles. The van der Waals surface area contributed by atoms with Crippen LogP contribution < -0.4 is 10.2 Å². The fraction of sp³-hybridized carbons (Fsp3) is 0.667. The summed E-state index contributed by atoms with van der Waals surface area (Å²) in [5.74, 6) is 0.0169. The molecule has 0 bridgehead atoms. The van der Waals surface area contributed by atoms with Crippen LogP contribution in [0.3, 0.4) is 0 Å². The van der Waals surface area contributed by atoms with Crippen LogP contribution in [-0.2, 0) is 23.1 Å². The van der Waals surface area contributed by atoms with Crippen LogP contribution in [0.1, 0.15) is 44.7 Å². The summed E-state index contributed by atoms with van der Waals surface area (Å²) in [7, 11) is 1.86. The Bertz CT molecular complexity index is 572. The zero-order chi connectivity index (χ0) is 15.0. The van der Waals surface area contributed by atoms with Crippen LogP contribution >= 0.6 is 0 Å². The number of anilines is 1. The lowest BCUT2D eigenvalue weighted by Gasteiger charge is -2.31. The molecule has 1 aliphatic heterocycles. The smallest absolute Gasteiger partial charge is 0.252 e. The molecular formula is C15H22N4O2.